The van der Waals surface area contributed by atoms with Crippen LogP contribution in [0.15, 0.2) is 0 Å². The Labute approximate surface area is 126 Å². The van der Waals surface area contributed by atoms with Crippen molar-refractivity contribution in [3.05, 3.63) is 0 Å². The fourth-order valence-electron chi connectivity index (χ4n) is 4.01. The Morgan fingerprint density at radius 1 is 1.20 bits per heavy atom. The van der Waals surface area contributed by atoms with Crippen LogP contribution in [0.25, 0.3) is 0 Å². The maximum atomic E-state index is 5.43. The molecule has 1 fully saturated rings. The van der Waals surface area contributed by atoms with Gasteiger partial charge in [0.2, 0.25) is 0 Å². The molecule has 0 heterocycles. The molecule has 0 spiro atoms. The summed E-state index contributed by atoms with van der Waals surface area (Å²) in [6.45, 7) is 10.3. The summed E-state index contributed by atoms with van der Waals surface area (Å²) in [6.07, 6.45) is 15.4. The second-order valence-electron chi connectivity index (χ2n) is 6.09. The van der Waals surface area contributed by atoms with Gasteiger partial charge in [-0.25, -0.2) is 0 Å². The van der Waals surface area contributed by atoms with Crippen molar-refractivity contribution in [2.75, 3.05) is 19.6 Å². The van der Waals surface area contributed by atoms with E-state index in [0.717, 1.165) is 32.5 Å². The predicted molar refractivity (Wildman–Crippen MR) is 88.9 cm³/mol. The average Bonchev–Trinajstić information content (AvgIpc) is 2.94. The van der Waals surface area contributed by atoms with Crippen molar-refractivity contribution >= 4 is 0 Å². The first-order chi connectivity index (χ1) is 9.75. The van der Waals surface area contributed by atoms with Crippen molar-refractivity contribution in [1.82, 2.24) is 10.2 Å². The monoisotopic (exact) mass is 278 g/mol. The first-order valence-electron chi connectivity index (χ1n) is 8.67. The molecule has 1 atom stereocenters. The third kappa shape index (κ3) is 4.24. The summed E-state index contributed by atoms with van der Waals surface area (Å²) >= 11 is 0. The van der Waals surface area contributed by atoms with Crippen LogP contribution in [-0.4, -0.2) is 36.1 Å². The maximum absolute atomic E-state index is 5.43. The van der Waals surface area contributed by atoms with Gasteiger partial charge in [0.1, 0.15) is 0 Å². The van der Waals surface area contributed by atoms with Gasteiger partial charge in [0.15, 0.2) is 0 Å². The fourth-order valence-corrected chi connectivity index (χ4v) is 4.01. The van der Waals surface area contributed by atoms with Gasteiger partial charge in [-0.05, 0) is 51.7 Å². The van der Waals surface area contributed by atoms with E-state index in [1.807, 2.05) is 0 Å². The molecule has 20 heavy (non-hydrogen) atoms. The first kappa shape index (κ1) is 17.5. The molecule has 1 rings (SSSR count). The van der Waals surface area contributed by atoms with Gasteiger partial charge in [0.05, 0.1) is 0 Å². The Kier molecular flexibility index (Phi) is 8.26. The molecule has 0 bridgehead atoms. The van der Waals surface area contributed by atoms with E-state index >= 15 is 0 Å². The molecule has 0 saturated heterocycles. The van der Waals surface area contributed by atoms with Crippen molar-refractivity contribution in [3.8, 4) is 12.3 Å². The van der Waals surface area contributed by atoms with Crippen LogP contribution < -0.4 is 5.32 Å². The number of terminal acetylenes is 1. The molecule has 116 valence electrons. The van der Waals surface area contributed by atoms with Gasteiger partial charge in [-0.3, -0.25) is 4.90 Å². The van der Waals surface area contributed by atoms with Gasteiger partial charge < -0.3 is 5.32 Å². The highest BCUT2D eigenvalue weighted by atomic mass is 15.2. The number of nitrogens with one attached hydrogen (secondary N) is 1. The number of rotatable bonds is 10. The highest BCUT2D eigenvalue weighted by molar-refractivity contribution is 5.03. The Morgan fingerprint density at radius 3 is 2.35 bits per heavy atom. The molecule has 2 nitrogen and oxygen atoms in total. The van der Waals surface area contributed by atoms with Gasteiger partial charge in [-0.2, -0.15) is 0 Å². The van der Waals surface area contributed by atoms with Gasteiger partial charge >= 0.3 is 0 Å². The standard InChI is InChI=1S/C18H34N2/c1-5-9-10-13-17(19-16-6-2)18(14-11-12-15-18)20(7-3)8-4/h1,17,19H,6-16H2,2-4H3. The molecular formula is C18H34N2. The lowest BCUT2D eigenvalue weighted by Gasteiger charge is -2.47. The summed E-state index contributed by atoms with van der Waals surface area (Å²) < 4.78 is 0. The van der Waals surface area contributed by atoms with Gasteiger partial charge in [-0.1, -0.05) is 33.6 Å². The average molecular weight is 278 g/mol. The van der Waals surface area contributed by atoms with Crippen LogP contribution in [0, 0.1) is 12.3 Å². The predicted octanol–water partition coefficient (Wildman–Crippen LogP) is 3.81. The number of likely N-dealkylation sites (N-methyl/N-ethyl adjacent to an activating group) is 1. The number of hydrogen-bond donors (Lipinski definition) is 1. The smallest absolute Gasteiger partial charge is 0.0362 e. The summed E-state index contributed by atoms with van der Waals surface area (Å²) in [5.74, 6) is 2.80. The zero-order chi connectivity index (χ0) is 14.8. The van der Waals surface area contributed by atoms with Gasteiger partial charge in [0.25, 0.3) is 0 Å². The van der Waals surface area contributed by atoms with Crippen LogP contribution in [0.1, 0.15) is 72.1 Å². The zero-order valence-corrected chi connectivity index (χ0v) is 13.9. The van der Waals surface area contributed by atoms with Gasteiger partial charge in [-0.15, -0.1) is 12.3 Å². The minimum atomic E-state index is 0.382. The normalized spacial score (nSPS) is 19.1. The lowest BCUT2D eigenvalue weighted by molar-refractivity contribution is 0.0590. The minimum Gasteiger partial charge on any atom is -0.312 e. The molecule has 0 aromatic heterocycles. The fraction of sp³-hybridized carbons (Fsp3) is 0.889. The van der Waals surface area contributed by atoms with E-state index in [1.165, 1.54) is 38.5 Å². The molecule has 2 heteroatoms. The maximum Gasteiger partial charge on any atom is 0.0362 e. The lowest BCUT2D eigenvalue weighted by Crippen LogP contribution is -2.60. The summed E-state index contributed by atoms with van der Waals surface area (Å²) in [4.78, 5) is 2.71. The minimum absolute atomic E-state index is 0.382. The Morgan fingerprint density at radius 2 is 1.85 bits per heavy atom. The van der Waals surface area contributed by atoms with Crippen molar-refractivity contribution in [3.63, 3.8) is 0 Å². The van der Waals surface area contributed by atoms with E-state index in [9.17, 15) is 0 Å². The summed E-state index contributed by atoms with van der Waals surface area (Å²) in [5.41, 5.74) is 0.382. The molecule has 1 N–H and O–H groups in total. The summed E-state index contributed by atoms with van der Waals surface area (Å²) in [6, 6.07) is 0.609. The Balaban J connectivity index is 2.82. The van der Waals surface area contributed by atoms with E-state index in [2.05, 4.69) is 36.9 Å². The van der Waals surface area contributed by atoms with Crippen LogP contribution in [0.3, 0.4) is 0 Å². The van der Waals surface area contributed by atoms with E-state index in [-0.39, 0.29) is 0 Å². The lowest BCUT2D eigenvalue weighted by atomic mass is 9.82. The molecule has 1 aliphatic rings. The summed E-state index contributed by atoms with van der Waals surface area (Å²) in [5, 5.41) is 3.85. The quantitative estimate of drug-likeness (QED) is 0.483. The Bertz CT molecular complexity index is 282. The van der Waals surface area contributed by atoms with Crippen molar-refractivity contribution < 1.29 is 0 Å². The Hall–Kier alpha value is -0.520. The van der Waals surface area contributed by atoms with Crippen molar-refractivity contribution in [1.29, 1.82) is 0 Å². The molecule has 0 amide bonds. The SMILES string of the molecule is C#CCCCC(NCCC)C1(N(CC)CC)CCCC1. The van der Waals surface area contributed by atoms with Crippen LogP contribution in [0.4, 0.5) is 0 Å². The number of nitrogens with zero attached hydrogens (tertiary/aromatic N) is 1. The second-order valence-corrected chi connectivity index (χ2v) is 6.09. The van der Waals surface area contributed by atoms with E-state index in [4.69, 9.17) is 6.42 Å². The zero-order valence-electron chi connectivity index (χ0n) is 13.9. The first-order valence-corrected chi connectivity index (χ1v) is 8.67. The largest absolute Gasteiger partial charge is 0.312 e. The number of hydrogen-bond acceptors (Lipinski definition) is 2. The van der Waals surface area contributed by atoms with Crippen molar-refractivity contribution in [2.45, 2.75) is 83.7 Å². The van der Waals surface area contributed by atoms with E-state index in [1.54, 1.807) is 0 Å². The molecule has 0 aromatic rings. The molecule has 1 saturated carbocycles. The van der Waals surface area contributed by atoms with E-state index < -0.39 is 0 Å². The molecule has 0 aliphatic heterocycles. The molecule has 0 radical (unpaired) electrons. The second kappa shape index (κ2) is 9.42. The van der Waals surface area contributed by atoms with Crippen LogP contribution in [-0.2, 0) is 0 Å². The van der Waals surface area contributed by atoms with Gasteiger partial charge in [0, 0.05) is 18.0 Å². The van der Waals surface area contributed by atoms with Crippen molar-refractivity contribution in [2.24, 2.45) is 0 Å². The molecule has 1 unspecified atom stereocenters. The van der Waals surface area contributed by atoms with E-state index in [0.29, 0.717) is 11.6 Å². The van der Waals surface area contributed by atoms with Crippen LogP contribution >= 0.6 is 0 Å². The topological polar surface area (TPSA) is 15.3 Å². The molecule has 1 aliphatic carbocycles. The third-order valence-corrected chi connectivity index (χ3v) is 4.97. The summed E-state index contributed by atoms with van der Waals surface area (Å²) in [7, 11) is 0. The van der Waals surface area contributed by atoms with Crippen LogP contribution in [0.5, 0.6) is 0 Å². The number of unbranched alkanes of at least 4 members (excludes halogenated alkanes) is 1. The molecular weight excluding hydrogens is 244 g/mol. The molecule has 0 aromatic carbocycles. The van der Waals surface area contributed by atoms with Crippen LogP contribution in [0.2, 0.25) is 0 Å². The highest BCUT2D eigenvalue weighted by Gasteiger charge is 2.44. The third-order valence-electron chi connectivity index (χ3n) is 4.97. The highest BCUT2D eigenvalue weighted by Crippen LogP contribution is 2.39.